The Bertz CT molecular complexity index is 2410. The Morgan fingerprint density at radius 2 is 1.31 bits per heavy atom. The molecule has 2 aliphatic rings. The molecule has 2 saturated heterocycles. The van der Waals surface area contributed by atoms with Crippen LogP contribution in [-0.4, -0.2) is 116 Å². The number of amides is 5. The SMILES string of the molecule is CC(=O)Oc1cccc(C(=O)NCCCCN(CC(=O)N[C@H](C(=O)N[C@@H]2C(=O)N3[C@@H]2SC(C)(C)[C@@H]3C(=O)O)c2ccccc2)C(=O)c2cccc(OC(C)=O)c2OC(C)=O)c1OC(C)=O. The fourth-order valence-electron chi connectivity index (χ4n) is 7.20. The fourth-order valence-corrected chi connectivity index (χ4v) is 8.83. The highest BCUT2D eigenvalue weighted by Gasteiger charge is 2.64. The van der Waals surface area contributed by atoms with Crippen molar-refractivity contribution in [3.63, 3.8) is 0 Å². The molecular formula is C44H47N5O15S. The Morgan fingerprint density at radius 1 is 0.754 bits per heavy atom. The molecule has 5 rings (SSSR count). The number of aliphatic carboxylic acids is 1. The van der Waals surface area contributed by atoms with E-state index in [2.05, 4.69) is 16.0 Å². The molecule has 21 heteroatoms. The van der Waals surface area contributed by atoms with Gasteiger partial charge < -0.3 is 49.8 Å². The predicted octanol–water partition coefficient (Wildman–Crippen LogP) is 2.53. The first-order valence-corrected chi connectivity index (χ1v) is 21.0. The van der Waals surface area contributed by atoms with Crippen LogP contribution < -0.4 is 34.9 Å². The third-order valence-corrected chi connectivity index (χ3v) is 11.4. The van der Waals surface area contributed by atoms with Gasteiger partial charge >= 0.3 is 29.8 Å². The van der Waals surface area contributed by atoms with Crippen molar-refractivity contribution in [1.29, 1.82) is 0 Å². The molecule has 3 aromatic rings. The van der Waals surface area contributed by atoms with Gasteiger partial charge in [0.15, 0.2) is 23.0 Å². The fraction of sp³-hybridized carbons (Fsp3) is 0.364. The number of carbonyl (C=O) groups is 10. The van der Waals surface area contributed by atoms with Crippen LogP contribution in [0, 0.1) is 0 Å². The third-order valence-electron chi connectivity index (χ3n) is 9.87. The van der Waals surface area contributed by atoms with Crippen LogP contribution in [0.25, 0.3) is 0 Å². The molecule has 2 aliphatic heterocycles. The van der Waals surface area contributed by atoms with E-state index in [0.29, 0.717) is 5.56 Å². The Balaban J connectivity index is 1.36. The van der Waals surface area contributed by atoms with Crippen molar-refractivity contribution in [3.8, 4) is 23.0 Å². The summed E-state index contributed by atoms with van der Waals surface area (Å²) in [6.45, 7) is 6.96. The third kappa shape index (κ3) is 11.8. The number of carbonyl (C=O) groups excluding carboxylic acids is 9. The number of hydrogen-bond acceptors (Lipinski definition) is 15. The van der Waals surface area contributed by atoms with Crippen LogP contribution in [0.5, 0.6) is 23.0 Å². The van der Waals surface area contributed by atoms with Crippen molar-refractivity contribution >= 4 is 71.1 Å². The quantitative estimate of drug-likeness (QED) is 0.0618. The van der Waals surface area contributed by atoms with Crippen LogP contribution in [0.2, 0.25) is 0 Å². The molecule has 4 N–H and O–H groups in total. The van der Waals surface area contributed by atoms with Crippen molar-refractivity contribution < 1.29 is 72.0 Å². The first-order valence-electron chi connectivity index (χ1n) is 20.1. The number of para-hydroxylation sites is 2. The maximum absolute atomic E-state index is 14.4. The number of β-lactam (4-membered cyclic amide) rings is 1. The van der Waals surface area contributed by atoms with E-state index in [-0.39, 0.29) is 54.3 Å². The summed E-state index contributed by atoms with van der Waals surface area (Å²) >= 11 is 1.23. The number of unbranched alkanes of at least 4 members (excludes halogenated alkanes) is 1. The lowest BCUT2D eigenvalue weighted by molar-refractivity contribution is -0.161. The van der Waals surface area contributed by atoms with E-state index < -0.39 is 99.9 Å². The number of nitrogens with one attached hydrogen (secondary N) is 3. The predicted molar refractivity (Wildman–Crippen MR) is 229 cm³/mol. The van der Waals surface area contributed by atoms with E-state index in [1.807, 2.05) is 0 Å². The number of benzene rings is 3. The van der Waals surface area contributed by atoms with Crippen LogP contribution >= 0.6 is 11.8 Å². The highest BCUT2D eigenvalue weighted by molar-refractivity contribution is 8.01. The normalized spacial score (nSPS) is 17.2. The minimum Gasteiger partial charge on any atom is -0.480 e. The summed E-state index contributed by atoms with van der Waals surface area (Å²) in [5, 5.41) is 17.1. The van der Waals surface area contributed by atoms with Gasteiger partial charge in [-0.25, -0.2) is 4.79 Å². The number of carboxylic acids is 1. The summed E-state index contributed by atoms with van der Waals surface area (Å²) in [6, 6.07) is 12.5. The van der Waals surface area contributed by atoms with Crippen molar-refractivity contribution in [1.82, 2.24) is 25.8 Å². The van der Waals surface area contributed by atoms with Crippen molar-refractivity contribution in [3.05, 3.63) is 83.4 Å². The van der Waals surface area contributed by atoms with Crippen LogP contribution in [0.15, 0.2) is 66.7 Å². The molecule has 0 aromatic heterocycles. The van der Waals surface area contributed by atoms with Crippen LogP contribution in [-0.2, 0) is 38.4 Å². The topological polar surface area (TPSA) is 270 Å². The van der Waals surface area contributed by atoms with Gasteiger partial charge in [0.05, 0.1) is 17.7 Å². The lowest BCUT2D eigenvalue weighted by Crippen LogP contribution is -2.71. The molecule has 0 aliphatic carbocycles. The number of ether oxygens (including phenoxy) is 4. The van der Waals surface area contributed by atoms with E-state index in [4.69, 9.17) is 18.9 Å². The zero-order chi connectivity index (χ0) is 47.7. The Hall–Kier alpha value is -7.29. The van der Waals surface area contributed by atoms with Gasteiger partial charge in [0, 0.05) is 45.5 Å². The molecule has 2 heterocycles. The van der Waals surface area contributed by atoms with Gasteiger partial charge in [0.1, 0.15) is 23.5 Å². The Morgan fingerprint density at radius 3 is 1.86 bits per heavy atom. The van der Waals surface area contributed by atoms with Crippen molar-refractivity contribution in [2.45, 2.75) is 82.6 Å². The number of fused-ring (bicyclic) bond motifs is 1. The van der Waals surface area contributed by atoms with Crippen molar-refractivity contribution in [2.24, 2.45) is 0 Å². The maximum Gasteiger partial charge on any atom is 0.327 e. The van der Waals surface area contributed by atoms with E-state index in [1.165, 1.54) is 53.1 Å². The highest BCUT2D eigenvalue weighted by atomic mass is 32.2. The molecule has 2 fully saturated rings. The standard InChI is InChI=1S/C44H47N5O15S/c1-23(50)61-30-18-12-16-28(35(30)63-25(3)52)38(55)45-20-10-11-21-48(40(57)29-17-13-19-31(62-24(2)51)36(29)64-26(4)53)22-32(54)46-33(27-14-8-7-9-15-27)39(56)47-34-41(58)49-37(43(59)60)44(5,6)65-42(34)49/h7-9,12-19,33-34,37,42H,10-11,20-22H2,1-6H3,(H,45,55)(H,46,54)(H,47,56)(H,59,60)/t33-,34+,37-,42+/m0/s1. The first-order chi connectivity index (χ1) is 30.7. The lowest BCUT2D eigenvalue weighted by atomic mass is 9.95. The monoisotopic (exact) mass is 917 g/mol. The summed E-state index contributed by atoms with van der Waals surface area (Å²) in [4.78, 5) is 131. The second kappa shape index (κ2) is 20.9. The van der Waals surface area contributed by atoms with E-state index in [1.54, 1.807) is 44.2 Å². The number of thioether (sulfide) groups is 1. The first kappa shape index (κ1) is 48.7. The molecule has 344 valence electrons. The van der Waals surface area contributed by atoms with Gasteiger partial charge in [-0.15, -0.1) is 11.8 Å². The second-order valence-corrected chi connectivity index (χ2v) is 17.1. The van der Waals surface area contributed by atoms with Gasteiger partial charge in [0.25, 0.3) is 11.8 Å². The molecule has 5 amide bonds. The van der Waals surface area contributed by atoms with Crippen LogP contribution in [0.1, 0.15) is 86.7 Å². The molecule has 0 bridgehead atoms. The smallest absolute Gasteiger partial charge is 0.327 e. The zero-order valence-corrected chi connectivity index (χ0v) is 37.0. The van der Waals surface area contributed by atoms with E-state index >= 15 is 0 Å². The summed E-state index contributed by atoms with van der Waals surface area (Å²) in [5.41, 5.74) is -0.0444. The number of carboxylic acid groups (broad SMARTS) is 1. The average Bonchev–Trinajstić information content (AvgIpc) is 3.49. The van der Waals surface area contributed by atoms with Crippen LogP contribution in [0.4, 0.5) is 0 Å². The molecule has 0 spiro atoms. The van der Waals surface area contributed by atoms with Gasteiger partial charge in [-0.05, 0) is 56.5 Å². The highest BCUT2D eigenvalue weighted by Crippen LogP contribution is 2.51. The van der Waals surface area contributed by atoms with E-state index in [0.717, 1.165) is 32.6 Å². The number of nitrogens with zero attached hydrogens (tertiary/aromatic N) is 2. The molecule has 4 atom stereocenters. The largest absolute Gasteiger partial charge is 0.480 e. The Labute approximate surface area is 376 Å². The maximum atomic E-state index is 14.4. The summed E-state index contributed by atoms with van der Waals surface area (Å²) in [5.74, 6) is -9.12. The molecule has 0 radical (unpaired) electrons. The molecule has 20 nitrogen and oxygen atoms in total. The minimum atomic E-state index is -1.40. The molecule has 0 saturated carbocycles. The number of rotatable bonds is 18. The average molecular weight is 918 g/mol. The minimum absolute atomic E-state index is 0.00222. The molecule has 0 unspecified atom stereocenters. The molecule has 3 aromatic carbocycles. The number of esters is 4. The van der Waals surface area contributed by atoms with Gasteiger partial charge in [-0.3, -0.25) is 43.2 Å². The second-order valence-electron chi connectivity index (χ2n) is 15.3. The van der Waals surface area contributed by atoms with Crippen molar-refractivity contribution in [2.75, 3.05) is 19.6 Å². The van der Waals surface area contributed by atoms with Crippen LogP contribution in [0.3, 0.4) is 0 Å². The molecule has 65 heavy (non-hydrogen) atoms. The van der Waals surface area contributed by atoms with E-state index in [9.17, 15) is 53.1 Å². The lowest BCUT2D eigenvalue weighted by Gasteiger charge is -2.44. The van der Waals surface area contributed by atoms with Gasteiger partial charge in [-0.2, -0.15) is 0 Å². The summed E-state index contributed by atoms with van der Waals surface area (Å²) in [6.07, 6.45) is 0.347. The molecular weight excluding hydrogens is 871 g/mol. The Kier molecular flexibility index (Phi) is 15.7. The summed E-state index contributed by atoms with van der Waals surface area (Å²) < 4.78 is 19.9. The zero-order valence-electron chi connectivity index (χ0n) is 36.2. The number of hydrogen-bond donors (Lipinski definition) is 4. The summed E-state index contributed by atoms with van der Waals surface area (Å²) in [7, 11) is 0. The van der Waals surface area contributed by atoms with Gasteiger partial charge in [0.2, 0.25) is 17.7 Å². The van der Waals surface area contributed by atoms with Gasteiger partial charge in [-0.1, -0.05) is 42.5 Å².